The Morgan fingerprint density at radius 2 is 2.00 bits per heavy atom. The van der Waals surface area contributed by atoms with E-state index in [1.807, 2.05) is 18.7 Å². The summed E-state index contributed by atoms with van der Waals surface area (Å²) in [6, 6.07) is -0.0709. The Morgan fingerprint density at radius 1 is 1.46 bits per heavy atom. The molecule has 0 aromatic carbocycles. The monoisotopic (exact) mass is 189 g/mol. The molecule has 0 aliphatic carbocycles. The van der Waals surface area contributed by atoms with Crippen LogP contribution < -0.4 is 0 Å². The normalized spacial score (nSPS) is 13.5. The number of aliphatic hydroxyl groups excluding tert-OH is 1. The van der Waals surface area contributed by atoms with Crippen LogP contribution in [-0.4, -0.2) is 48.3 Å². The molecule has 4 nitrogen and oxygen atoms in total. The van der Waals surface area contributed by atoms with E-state index in [-0.39, 0.29) is 24.7 Å². The minimum Gasteiger partial charge on any atom is -0.468 e. The minimum absolute atomic E-state index is 0.0551. The van der Waals surface area contributed by atoms with Gasteiger partial charge in [0.05, 0.1) is 13.7 Å². The molecule has 4 heteroatoms. The fourth-order valence-corrected chi connectivity index (χ4v) is 1.32. The summed E-state index contributed by atoms with van der Waals surface area (Å²) in [7, 11) is 1.37. The summed E-state index contributed by atoms with van der Waals surface area (Å²) < 4.78 is 4.63. The average Bonchev–Trinajstić information content (AvgIpc) is 2.11. The number of esters is 1. The van der Waals surface area contributed by atoms with Crippen LogP contribution in [0.5, 0.6) is 0 Å². The molecule has 0 rings (SSSR count). The molecule has 0 aliphatic heterocycles. The Bertz CT molecular complexity index is 159. The van der Waals surface area contributed by atoms with Gasteiger partial charge in [0.1, 0.15) is 6.04 Å². The van der Waals surface area contributed by atoms with Gasteiger partial charge < -0.3 is 9.84 Å². The summed E-state index contributed by atoms with van der Waals surface area (Å²) in [5.41, 5.74) is 0. The lowest BCUT2D eigenvalue weighted by molar-refractivity contribution is -0.147. The largest absolute Gasteiger partial charge is 0.468 e. The lowest BCUT2D eigenvalue weighted by Gasteiger charge is -2.29. The van der Waals surface area contributed by atoms with Crippen molar-refractivity contribution < 1.29 is 14.6 Å². The van der Waals surface area contributed by atoms with Crippen molar-refractivity contribution in [1.29, 1.82) is 0 Å². The maximum atomic E-state index is 11.2. The number of methoxy groups -OCH3 is 1. The molecule has 0 aliphatic rings. The van der Waals surface area contributed by atoms with Gasteiger partial charge in [-0.05, 0) is 20.8 Å². The number of ether oxygens (including phenoxy) is 1. The van der Waals surface area contributed by atoms with Crippen molar-refractivity contribution in [2.75, 3.05) is 20.3 Å². The molecule has 0 bridgehead atoms. The van der Waals surface area contributed by atoms with Gasteiger partial charge in [0.15, 0.2) is 0 Å². The van der Waals surface area contributed by atoms with Crippen molar-refractivity contribution in [2.45, 2.75) is 32.9 Å². The summed E-state index contributed by atoms with van der Waals surface area (Å²) in [5, 5.41) is 8.80. The van der Waals surface area contributed by atoms with Crippen LogP contribution in [0, 0.1) is 0 Å². The van der Waals surface area contributed by atoms with Crippen molar-refractivity contribution in [1.82, 2.24) is 4.90 Å². The average molecular weight is 189 g/mol. The van der Waals surface area contributed by atoms with E-state index in [0.717, 1.165) is 0 Å². The molecule has 0 aromatic heterocycles. The van der Waals surface area contributed by atoms with Gasteiger partial charge in [0.25, 0.3) is 0 Å². The van der Waals surface area contributed by atoms with Gasteiger partial charge in [-0.2, -0.15) is 0 Å². The first-order valence-electron chi connectivity index (χ1n) is 4.49. The highest BCUT2D eigenvalue weighted by atomic mass is 16.5. The van der Waals surface area contributed by atoms with E-state index < -0.39 is 0 Å². The molecule has 1 unspecified atom stereocenters. The van der Waals surface area contributed by atoms with Crippen LogP contribution in [-0.2, 0) is 9.53 Å². The molecule has 0 fully saturated rings. The Labute approximate surface area is 79.5 Å². The van der Waals surface area contributed by atoms with Crippen molar-refractivity contribution in [3.63, 3.8) is 0 Å². The molecule has 0 spiro atoms. The van der Waals surface area contributed by atoms with Crippen LogP contribution in [0.15, 0.2) is 0 Å². The maximum absolute atomic E-state index is 11.2. The number of nitrogens with zero attached hydrogens (tertiary/aromatic N) is 1. The number of aliphatic hydroxyl groups is 1. The molecular formula is C9H19NO3. The minimum atomic E-state index is -0.294. The summed E-state index contributed by atoms with van der Waals surface area (Å²) in [6.07, 6.45) is 0. The highest BCUT2D eigenvalue weighted by Crippen LogP contribution is 2.05. The predicted octanol–water partition coefficient (Wildman–Crippen LogP) is 0.251. The zero-order chi connectivity index (χ0) is 10.4. The summed E-state index contributed by atoms with van der Waals surface area (Å²) >= 11 is 0. The zero-order valence-corrected chi connectivity index (χ0v) is 8.78. The van der Waals surface area contributed by atoms with E-state index in [0.29, 0.717) is 6.54 Å². The van der Waals surface area contributed by atoms with E-state index >= 15 is 0 Å². The van der Waals surface area contributed by atoms with E-state index in [1.165, 1.54) is 7.11 Å². The van der Waals surface area contributed by atoms with Crippen molar-refractivity contribution in [3.05, 3.63) is 0 Å². The molecule has 1 atom stereocenters. The number of carbonyl (C=O) groups excluding carboxylic acids is 1. The molecule has 0 radical (unpaired) electrons. The van der Waals surface area contributed by atoms with Crippen LogP contribution in [0.4, 0.5) is 0 Å². The second-order valence-corrected chi connectivity index (χ2v) is 3.25. The highest BCUT2D eigenvalue weighted by molar-refractivity contribution is 5.75. The summed E-state index contributed by atoms with van der Waals surface area (Å²) in [5.74, 6) is -0.262. The standard InChI is InChI=1S/C9H19NO3/c1-7(2)10(5-6-11)8(3)9(12)13-4/h7-8,11H,5-6H2,1-4H3. The molecule has 13 heavy (non-hydrogen) atoms. The van der Waals surface area contributed by atoms with Gasteiger partial charge in [0.2, 0.25) is 0 Å². The Morgan fingerprint density at radius 3 is 2.31 bits per heavy atom. The van der Waals surface area contributed by atoms with E-state index in [4.69, 9.17) is 5.11 Å². The van der Waals surface area contributed by atoms with Gasteiger partial charge in [0, 0.05) is 12.6 Å². The molecule has 0 amide bonds. The lowest BCUT2D eigenvalue weighted by Crippen LogP contribution is -2.45. The summed E-state index contributed by atoms with van der Waals surface area (Å²) in [6.45, 7) is 6.29. The molecule has 1 N–H and O–H groups in total. The smallest absolute Gasteiger partial charge is 0.322 e. The number of hydrogen-bond donors (Lipinski definition) is 1. The van der Waals surface area contributed by atoms with Crippen LogP contribution in [0.2, 0.25) is 0 Å². The SMILES string of the molecule is COC(=O)C(C)N(CCO)C(C)C. The maximum Gasteiger partial charge on any atom is 0.322 e. The molecule has 78 valence electrons. The topological polar surface area (TPSA) is 49.8 Å². The third-order valence-corrected chi connectivity index (χ3v) is 2.06. The Hall–Kier alpha value is -0.610. The van der Waals surface area contributed by atoms with Crippen molar-refractivity contribution >= 4 is 5.97 Å². The van der Waals surface area contributed by atoms with Crippen LogP contribution in [0.1, 0.15) is 20.8 Å². The molecule has 0 saturated carbocycles. The van der Waals surface area contributed by atoms with E-state index in [1.54, 1.807) is 6.92 Å². The first-order chi connectivity index (χ1) is 6.04. The highest BCUT2D eigenvalue weighted by Gasteiger charge is 2.23. The predicted molar refractivity (Wildman–Crippen MR) is 50.4 cm³/mol. The Kier molecular flexibility index (Phi) is 5.66. The van der Waals surface area contributed by atoms with Gasteiger partial charge in [-0.15, -0.1) is 0 Å². The first kappa shape index (κ1) is 12.4. The second kappa shape index (κ2) is 5.94. The summed E-state index contributed by atoms with van der Waals surface area (Å²) in [4.78, 5) is 13.1. The van der Waals surface area contributed by atoms with Crippen molar-refractivity contribution in [3.8, 4) is 0 Å². The number of hydrogen-bond acceptors (Lipinski definition) is 4. The Balaban J connectivity index is 4.26. The van der Waals surface area contributed by atoms with Crippen LogP contribution >= 0.6 is 0 Å². The third-order valence-electron chi connectivity index (χ3n) is 2.06. The zero-order valence-electron chi connectivity index (χ0n) is 8.78. The van der Waals surface area contributed by atoms with Gasteiger partial charge >= 0.3 is 5.97 Å². The third kappa shape index (κ3) is 3.74. The van der Waals surface area contributed by atoms with Crippen molar-refractivity contribution in [2.24, 2.45) is 0 Å². The molecular weight excluding hydrogens is 170 g/mol. The fourth-order valence-electron chi connectivity index (χ4n) is 1.32. The second-order valence-electron chi connectivity index (χ2n) is 3.25. The van der Waals surface area contributed by atoms with Gasteiger partial charge in [-0.25, -0.2) is 0 Å². The van der Waals surface area contributed by atoms with Gasteiger partial charge in [-0.1, -0.05) is 0 Å². The van der Waals surface area contributed by atoms with Crippen LogP contribution in [0.3, 0.4) is 0 Å². The quantitative estimate of drug-likeness (QED) is 0.630. The number of carbonyl (C=O) groups is 1. The van der Waals surface area contributed by atoms with Gasteiger partial charge in [-0.3, -0.25) is 9.69 Å². The van der Waals surface area contributed by atoms with Crippen LogP contribution in [0.25, 0.3) is 0 Å². The molecule has 0 heterocycles. The fraction of sp³-hybridized carbons (Fsp3) is 0.889. The van der Waals surface area contributed by atoms with E-state index in [2.05, 4.69) is 4.74 Å². The first-order valence-corrected chi connectivity index (χ1v) is 4.49. The lowest BCUT2D eigenvalue weighted by atomic mass is 10.2. The molecule has 0 aromatic rings. The molecule has 0 saturated heterocycles. The number of rotatable bonds is 5. The van der Waals surface area contributed by atoms with E-state index in [9.17, 15) is 4.79 Å².